The van der Waals surface area contributed by atoms with Gasteiger partial charge in [-0.3, -0.25) is 14.5 Å². The lowest BCUT2D eigenvalue weighted by molar-refractivity contribution is -0.150. The number of nitrogens with two attached hydrogens (primary N) is 1. The molecule has 0 fully saturated rings. The number of ether oxygens (including phenoxy) is 1. The maximum absolute atomic E-state index is 11.8. The molecule has 1 amide bonds. The minimum absolute atomic E-state index is 0.0928. The number of hydrogen-bond acceptors (Lipinski definition) is 4. The predicted octanol–water partition coefficient (Wildman–Crippen LogP) is 0.771. The molecule has 0 heterocycles. The van der Waals surface area contributed by atoms with E-state index in [9.17, 15) is 9.59 Å². The molecule has 0 saturated heterocycles. The number of carbonyl (C=O) groups excluding carboxylic acids is 2. The minimum atomic E-state index is -0.423. The highest BCUT2D eigenvalue weighted by Gasteiger charge is 2.26. The van der Waals surface area contributed by atoms with Crippen molar-refractivity contribution in [1.82, 2.24) is 4.90 Å². The molecule has 0 aromatic rings. The van der Waals surface area contributed by atoms with Crippen molar-refractivity contribution >= 4 is 11.9 Å². The van der Waals surface area contributed by atoms with Crippen molar-refractivity contribution in [2.24, 2.45) is 11.7 Å². The predicted molar refractivity (Wildman–Crippen MR) is 66.3 cm³/mol. The highest BCUT2D eigenvalue weighted by molar-refractivity contribution is 5.79. The normalized spacial score (nSPS) is 12.8. The molecule has 5 nitrogen and oxygen atoms in total. The van der Waals surface area contributed by atoms with Gasteiger partial charge in [0, 0.05) is 6.54 Å². The summed E-state index contributed by atoms with van der Waals surface area (Å²) >= 11 is 0. The van der Waals surface area contributed by atoms with Gasteiger partial charge < -0.3 is 10.5 Å². The Balaban J connectivity index is 4.70. The Morgan fingerprint density at radius 1 is 1.29 bits per heavy atom. The number of carbonyl (C=O) groups is 2. The van der Waals surface area contributed by atoms with Crippen molar-refractivity contribution < 1.29 is 14.3 Å². The van der Waals surface area contributed by atoms with E-state index in [2.05, 4.69) is 0 Å². The molecule has 5 heteroatoms. The number of esters is 1. The van der Waals surface area contributed by atoms with E-state index in [0.29, 0.717) is 25.5 Å². The summed E-state index contributed by atoms with van der Waals surface area (Å²) in [4.78, 5) is 24.6. The van der Waals surface area contributed by atoms with Gasteiger partial charge in [0.25, 0.3) is 0 Å². The van der Waals surface area contributed by atoms with Crippen LogP contribution in [0.15, 0.2) is 0 Å². The van der Waals surface area contributed by atoms with Crippen LogP contribution < -0.4 is 5.73 Å². The van der Waals surface area contributed by atoms with Crippen LogP contribution in [0, 0.1) is 5.92 Å². The summed E-state index contributed by atoms with van der Waals surface area (Å²) in [6, 6.07) is -0.384. The molecule has 0 aromatic heterocycles. The standard InChI is InChI=1S/C12H24N2O3/c1-5-10(12(16)17-6-2)14(7-9(3)4)8-11(13)15/h9-10H,5-8H2,1-4H3,(H2,13,15). The molecule has 0 aliphatic rings. The Hall–Kier alpha value is -1.10. The van der Waals surface area contributed by atoms with Crippen LogP contribution in [0.2, 0.25) is 0 Å². The molecular formula is C12H24N2O3. The third-order valence-electron chi connectivity index (χ3n) is 2.34. The van der Waals surface area contributed by atoms with Crippen molar-refractivity contribution in [3.05, 3.63) is 0 Å². The maximum Gasteiger partial charge on any atom is 0.323 e. The lowest BCUT2D eigenvalue weighted by Crippen LogP contribution is -2.47. The van der Waals surface area contributed by atoms with Gasteiger partial charge in [-0.1, -0.05) is 20.8 Å². The Labute approximate surface area is 103 Å². The summed E-state index contributed by atoms with van der Waals surface area (Å²) < 4.78 is 5.01. The van der Waals surface area contributed by atoms with Gasteiger partial charge in [0.05, 0.1) is 13.2 Å². The lowest BCUT2D eigenvalue weighted by Gasteiger charge is -2.29. The Bertz CT molecular complexity index is 254. The molecule has 0 aliphatic heterocycles. The van der Waals surface area contributed by atoms with E-state index in [1.54, 1.807) is 11.8 Å². The molecule has 0 saturated carbocycles. The van der Waals surface area contributed by atoms with Gasteiger partial charge in [-0.05, 0) is 19.3 Å². The van der Waals surface area contributed by atoms with E-state index in [-0.39, 0.29) is 18.6 Å². The zero-order chi connectivity index (χ0) is 13.4. The summed E-state index contributed by atoms with van der Waals surface area (Å²) in [5.41, 5.74) is 5.20. The quantitative estimate of drug-likeness (QED) is 0.640. The van der Waals surface area contributed by atoms with Gasteiger partial charge >= 0.3 is 5.97 Å². The van der Waals surface area contributed by atoms with Crippen LogP contribution >= 0.6 is 0 Å². The molecule has 2 N–H and O–H groups in total. The molecule has 17 heavy (non-hydrogen) atoms. The first-order chi connectivity index (χ1) is 7.92. The van der Waals surface area contributed by atoms with Crippen LogP contribution in [0.4, 0.5) is 0 Å². The van der Waals surface area contributed by atoms with E-state index >= 15 is 0 Å². The minimum Gasteiger partial charge on any atom is -0.465 e. The number of primary amides is 1. The second kappa shape index (κ2) is 8.06. The van der Waals surface area contributed by atoms with Gasteiger partial charge in [0.1, 0.15) is 6.04 Å². The molecule has 100 valence electrons. The largest absolute Gasteiger partial charge is 0.465 e. The fraction of sp³-hybridized carbons (Fsp3) is 0.833. The van der Waals surface area contributed by atoms with Gasteiger partial charge in [-0.25, -0.2) is 0 Å². The van der Waals surface area contributed by atoms with Gasteiger partial charge in [-0.15, -0.1) is 0 Å². The molecule has 0 bridgehead atoms. The third-order valence-corrected chi connectivity index (χ3v) is 2.34. The van der Waals surface area contributed by atoms with Crippen LogP contribution in [-0.2, 0) is 14.3 Å². The smallest absolute Gasteiger partial charge is 0.323 e. The van der Waals surface area contributed by atoms with E-state index in [0.717, 1.165) is 0 Å². The maximum atomic E-state index is 11.8. The van der Waals surface area contributed by atoms with Crippen molar-refractivity contribution in [2.45, 2.75) is 40.2 Å². The Kier molecular flexibility index (Phi) is 7.54. The summed E-state index contributed by atoms with van der Waals surface area (Å²) in [5, 5.41) is 0. The summed E-state index contributed by atoms with van der Waals surface area (Å²) in [6.45, 7) is 8.83. The molecule has 0 aromatic carbocycles. The second-order valence-corrected chi connectivity index (χ2v) is 4.47. The van der Waals surface area contributed by atoms with Crippen molar-refractivity contribution in [2.75, 3.05) is 19.7 Å². The first kappa shape index (κ1) is 15.9. The Morgan fingerprint density at radius 3 is 2.24 bits per heavy atom. The Morgan fingerprint density at radius 2 is 1.88 bits per heavy atom. The summed E-state index contributed by atoms with van der Waals surface area (Å²) in [5.74, 6) is -0.344. The fourth-order valence-electron chi connectivity index (χ4n) is 1.78. The second-order valence-electron chi connectivity index (χ2n) is 4.47. The van der Waals surface area contributed by atoms with Crippen molar-refractivity contribution in [1.29, 1.82) is 0 Å². The summed E-state index contributed by atoms with van der Waals surface area (Å²) in [7, 11) is 0. The zero-order valence-corrected chi connectivity index (χ0v) is 11.2. The molecular weight excluding hydrogens is 220 g/mol. The number of amides is 1. The molecule has 0 aliphatic carbocycles. The van der Waals surface area contributed by atoms with Crippen LogP contribution in [0.1, 0.15) is 34.1 Å². The SMILES string of the molecule is CCOC(=O)C(CC)N(CC(N)=O)CC(C)C. The van der Waals surface area contributed by atoms with E-state index in [1.165, 1.54) is 0 Å². The zero-order valence-electron chi connectivity index (χ0n) is 11.2. The van der Waals surface area contributed by atoms with Crippen LogP contribution in [0.3, 0.4) is 0 Å². The van der Waals surface area contributed by atoms with Gasteiger partial charge in [-0.2, -0.15) is 0 Å². The highest BCUT2D eigenvalue weighted by Crippen LogP contribution is 2.09. The van der Waals surface area contributed by atoms with Gasteiger partial charge in [0.2, 0.25) is 5.91 Å². The fourth-order valence-corrected chi connectivity index (χ4v) is 1.78. The molecule has 1 atom stereocenters. The topological polar surface area (TPSA) is 72.6 Å². The number of hydrogen-bond donors (Lipinski definition) is 1. The van der Waals surface area contributed by atoms with E-state index in [1.807, 2.05) is 20.8 Å². The first-order valence-electron chi connectivity index (χ1n) is 6.11. The van der Waals surface area contributed by atoms with E-state index in [4.69, 9.17) is 10.5 Å². The summed E-state index contributed by atoms with van der Waals surface area (Å²) in [6.07, 6.45) is 0.610. The van der Waals surface area contributed by atoms with Crippen molar-refractivity contribution in [3.8, 4) is 0 Å². The number of rotatable bonds is 8. The van der Waals surface area contributed by atoms with E-state index < -0.39 is 5.91 Å². The molecule has 0 radical (unpaired) electrons. The monoisotopic (exact) mass is 244 g/mol. The highest BCUT2D eigenvalue weighted by atomic mass is 16.5. The van der Waals surface area contributed by atoms with Crippen LogP contribution in [-0.4, -0.2) is 42.5 Å². The molecule has 1 unspecified atom stereocenters. The third kappa shape index (κ3) is 6.26. The lowest BCUT2D eigenvalue weighted by atomic mass is 10.1. The number of nitrogens with zero attached hydrogens (tertiary/aromatic N) is 1. The molecule has 0 rings (SSSR count). The van der Waals surface area contributed by atoms with Crippen molar-refractivity contribution in [3.63, 3.8) is 0 Å². The average Bonchev–Trinajstić information content (AvgIpc) is 2.16. The first-order valence-corrected chi connectivity index (χ1v) is 6.11. The van der Waals surface area contributed by atoms with Crippen LogP contribution in [0.25, 0.3) is 0 Å². The average molecular weight is 244 g/mol. The van der Waals surface area contributed by atoms with Crippen LogP contribution in [0.5, 0.6) is 0 Å². The van der Waals surface area contributed by atoms with Gasteiger partial charge in [0.15, 0.2) is 0 Å². The molecule has 0 spiro atoms.